The van der Waals surface area contributed by atoms with Crippen molar-refractivity contribution >= 4 is 27.3 Å². The SMILES string of the molecule is CCc1cccc(C)c1NC(=O)[C@@H](CC)N(c1ccc(OC)cc1)S(C)(=O)=O. The number of nitrogens with zero attached hydrogens (tertiary/aromatic N) is 1. The van der Waals surface area contributed by atoms with Crippen LogP contribution in [0, 0.1) is 6.92 Å². The molecule has 1 atom stereocenters. The van der Waals surface area contributed by atoms with E-state index in [9.17, 15) is 13.2 Å². The van der Waals surface area contributed by atoms with Gasteiger partial charge >= 0.3 is 0 Å². The molecule has 0 saturated heterocycles. The molecule has 0 bridgehead atoms. The molecule has 0 heterocycles. The molecule has 6 nitrogen and oxygen atoms in total. The molecule has 2 rings (SSSR count). The summed E-state index contributed by atoms with van der Waals surface area (Å²) in [5, 5.41) is 2.96. The Morgan fingerprint density at radius 3 is 2.29 bits per heavy atom. The number of aryl methyl sites for hydroxylation is 2. The van der Waals surface area contributed by atoms with Crippen molar-refractivity contribution in [1.82, 2.24) is 0 Å². The fraction of sp³-hybridized carbons (Fsp3) is 0.381. The average Bonchev–Trinajstić information content (AvgIpc) is 2.66. The van der Waals surface area contributed by atoms with E-state index in [1.165, 1.54) is 4.31 Å². The van der Waals surface area contributed by atoms with Crippen molar-refractivity contribution in [2.24, 2.45) is 0 Å². The molecule has 1 N–H and O–H groups in total. The zero-order valence-corrected chi connectivity index (χ0v) is 17.8. The number of benzene rings is 2. The van der Waals surface area contributed by atoms with Crippen LogP contribution >= 0.6 is 0 Å². The number of hydrogen-bond acceptors (Lipinski definition) is 4. The van der Waals surface area contributed by atoms with Crippen LogP contribution in [0.5, 0.6) is 5.75 Å². The summed E-state index contributed by atoms with van der Waals surface area (Å²) in [7, 11) is -2.14. The first-order chi connectivity index (χ1) is 13.2. The van der Waals surface area contributed by atoms with Crippen molar-refractivity contribution in [2.75, 3.05) is 23.0 Å². The van der Waals surface area contributed by atoms with Crippen LogP contribution in [-0.4, -0.2) is 33.7 Å². The van der Waals surface area contributed by atoms with Crippen molar-refractivity contribution in [3.8, 4) is 5.75 Å². The minimum Gasteiger partial charge on any atom is -0.497 e. The van der Waals surface area contributed by atoms with E-state index in [1.807, 2.05) is 32.0 Å². The molecule has 0 aliphatic rings. The van der Waals surface area contributed by atoms with Crippen molar-refractivity contribution in [3.63, 3.8) is 0 Å². The summed E-state index contributed by atoms with van der Waals surface area (Å²) < 4.78 is 31.4. The van der Waals surface area contributed by atoms with Gasteiger partial charge < -0.3 is 10.1 Å². The topological polar surface area (TPSA) is 75.7 Å². The molecule has 0 fully saturated rings. The molecule has 0 aliphatic carbocycles. The second-order valence-electron chi connectivity index (χ2n) is 6.63. The number of sulfonamides is 1. The van der Waals surface area contributed by atoms with Gasteiger partial charge in [0.1, 0.15) is 11.8 Å². The maximum absolute atomic E-state index is 13.1. The quantitative estimate of drug-likeness (QED) is 0.727. The first-order valence-electron chi connectivity index (χ1n) is 9.25. The van der Waals surface area contributed by atoms with Crippen LogP contribution in [0.4, 0.5) is 11.4 Å². The molecule has 7 heteroatoms. The zero-order chi connectivity index (χ0) is 20.9. The van der Waals surface area contributed by atoms with E-state index < -0.39 is 16.1 Å². The number of nitrogens with one attached hydrogen (secondary N) is 1. The van der Waals surface area contributed by atoms with Gasteiger partial charge in [0.15, 0.2) is 0 Å². The van der Waals surface area contributed by atoms with Crippen LogP contribution < -0.4 is 14.4 Å². The van der Waals surface area contributed by atoms with Gasteiger partial charge in [0.25, 0.3) is 0 Å². The Labute approximate surface area is 167 Å². The predicted molar refractivity (Wildman–Crippen MR) is 114 cm³/mol. The highest BCUT2D eigenvalue weighted by Gasteiger charge is 2.32. The Kier molecular flexibility index (Phi) is 7.07. The number of ether oxygens (including phenoxy) is 1. The number of hydrogen-bond donors (Lipinski definition) is 1. The third-order valence-electron chi connectivity index (χ3n) is 4.64. The Morgan fingerprint density at radius 1 is 1.14 bits per heavy atom. The van der Waals surface area contributed by atoms with E-state index in [1.54, 1.807) is 38.3 Å². The fourth-order valence-electron chi connectivity index (χ4n) is 3.20. The van der Waals surface area contributed by atoms with E-state index in [-0.39, 0.29) is 5.91 Å². The molecule has 152 valence electrons. The van der Waals surface area contributed by atoms with Gasteiger partial charge in [-0.3, -0.25) is 9.10 Å². The van der Waals surface area contributed by atoms with Crippen LogP contribution in [-0.2, 0) is 21.2 Å². The normalized spacial score (nSPS) is 12.3. The number of carbonyl (C=O) groups excluding carboxylic acids is 1. The Balaban J connectivity index is 2.42. The molecule has 0 spiro atoms. The monoisotopic (exact) mass is 404 g/mol. The maximum atomic E-state index is 13.1. The zero-order valence-electron chi connectivity index (χ0n) is 17.0. The standard InChI is InChI=1S/C21H28N2O4S/c1-6-16-10-8-9-15(3)20(16)22-21(24)19(7-2)23(28(5,25)26)17-11-13-18(27-4)14-12-17/h8-14,19H,6-7H2,1-5H3,(H,22,24)/t19-/m1/s1. The van der Waals surface area contributed by atoms with Gasteiger partial charge in [-0.15, -0.1) is 0 Å². The van der Waals surface area contributed by atoms with Gasteiger partial charge in [0.05, 0.1) is 19.1 Å². The summed E-state index contributed by atoms with van der Waals surface area (Å²) in [5.74, 6) is 0.259. The molecule has 0 aliphatic heterocycles. The maximum Gasteiger partial charge on any atom is 0.248 e. The average molecular weight is 405 g/mol. The van der Waals surface area contributed by atoms with Crippen molar-refractivity contribution in [2.45, 2.75) is 39.7 Å². The third kappa shape index (κ3) is 4.84. The number of anilines is 2. The van der Waals surface area contributed by atoms with Gasteiger partial charge in [0.2, 0.25) is 15.9 Å². The molecule has 1 amide bonds. The number of carbonyl (C=O) groups is 1. The molecule has 2 aromatic carbocycles. The van der Waals surface area contributed by atoms with Gasteiger partial charge in [-0.2, -0.15) is 0 Å². The Bertz CT molecular complexity index is 924. The van der Waals surface area contributed by atoms with Gasteiger partial charge in [0, 0.05) is 5.69 Å². The second-order valence-corrected chi connectivity index (χ2v) is 8.49. The lowest BCUT2D eigenvalue weighted by Gasteiger charge is -2.30. The first kappa shape index (κ1) is 21.8. The Hall–Kier alpha value is -2.54. The lowest BCUT2D eigenvalue weighted by molar-refractivity contribution is -0.117. The molecule has 0 saturated carbocycles. The number of amides is 1. The van der Waals surface area contributed by atoms with E-state index in [0.29, 0.717) is 17.9 Å². The molecule has 0 unspecified atom stereocenters. The Morgan fingerprint density at radius 2 is 1.79 bits per heavy atom. The number of rotatable bonds is 8. The molecular formula is C21H28N2O4S. The third-order valence-corrected chi connectivity index (χ3v) is 5.82. The van der Waals surface area contributed by atoms with E-state index >= 15 is 0 Å². The lowest BCUT2D eigenvalue weighted by Crippen LogP contribution is -2.47. The van der Waals surface area contributed by atoms with Crippen LogP contribution in [0.1, 0.15) is 31.4 Å². The molecule has 0 aromatic heterocycles. The molecule has 28 heavy (non-hydrogen) atoms. The molecular weight excluding hydrogens is 376 g/mol. The highest BCUT2D eigenvalue weighted by molar-refractivity contribution is 7.92. The summed E-state index contributed by atoms with van der Waals surface area (Å²) in [5.41, 5.74) is 3.12. The van der Waals surface area contributed by atoms with Crippen LogP contribution in [0.3, 0.4) is 0 Å². The van der Waals surface area contributed by atoms with Gasteiger partial charge in [-0.1, -0.05) is 32.0 Å². The summed E-state index contributed by atoms with van der Waals surface area (Å²) in [6.45, 7) is 5.74. The van der Waals surface area contributed by atoms with Crippen LogP contribution in [0.2, 0.25) is 0 Å². The summed E-state index contributed by atoms with van der Waals surface area (Å²) >= 11 is 0. The van der Waals surface area contributed by atoms with Crippen molar-refractivity contribution < 1.29 is 17.9 Å². The van der Waals surface area contributed by atoms with Crippen LogP contribution in [0.15, 0.2) is 42.5 Å². The lowest BCUT2D eigenvalue weighted by atomic mass is 10.0. The summed E-state index contributed by atoms with van der Waals surface area (Å²) in [6.07, 6.45) is 2.21. The minimum absolute atomic E-state index is 0.332. The van der Waals surface area contributed by atoms with Crippen LogP contribution in [0.25, 0.3) is 0 Å². The molecule has 0 radical (unpaired) electrons. The van der Waals surface area contributed by atoms with Gasteiger partial charge in [-0.25, -0.2) is 8.42 Å². The highest BCUT2D eigenvalue weighted by Crippen LogP contribution is 2.27. The second kappa shape index (κ2) is 9.10. The van der Waals surface area contributed by atoms with Crippen molar-refractivity contribution in [1.29, 1.82) is 0 Å². The van der Waals surface area contributed by atoms with E-state index in [2.05, 4.69) is 5.32 Å². The van der Waals surface area contributed by atoms with Gasteiger partial charge in [-0.05, 0) is 55.2 Å². The number of methoxy groups -OCH3 is 1. The largest absolute Gasteiger partial charge is 0.497 e. The van der Waals surface area contributed by atoms with E-state index in [4.69, 9.17) is 4.74 Å². The van der Waals surface area contributed by atoms with Crippen molar-refractivity contribution in [3.05, 3.63) is 53.6 Å². The molecule has 2 aromatic rings. The minimum atomic E-state index is -3.68. The summed E-state index contributed by atoms with van der Waals surface area (Å²) in [4.78, 5) is 13.1. The smallest absolute Gasteiger partial charge is 0.248 e. The fourth-order valence-corrected chi connectivity index (χ4v) is 4.41. The summed E-state index contributed by atoms with van der Waals surface area (Å²) in [6, 6.07) is 11.6. The first-order valence-corrected chi connectivity index (χ1v) is 11.1. The highest BCUT2D eigenvalue weighted by atomic mass is 32.2. The van der Waals surface area contributed by atoms with E-state index in [0.717, 1.165) is 29.5 Å². The predicted octanol–water partition coefficient (Wildman–Crippen LogP) is 3.75. The number of para-hydroxylation sites is 1.